The van der Waals surface area contributed by atoms with Gasteiger partial charge in [0.1, 0.15) is 23.1 Å². The van der Waals surface area contributed by atoms with Crippen LogP contribution in [0.1, 0.15) is 37.0 Å². The Labute approximate surface area is 178 Å². The van der Waals surface area contributed by atoms with Gasteiger partial charge in [-0.05, 0) is 36.2 Å². The first-order valence-corrected chi connectivity index (χ1v) is 9.95. The Balaban J connectivity index is 1.97. The van der Waals surface area contributed by atoms with E-state index in [-0.39, 0.29) is 35.1 Å². The van der Waals surface area contributed by atoms with Crippen molar-refractivity contribution in [1.82, 2.24) is 4.98 Å². The van der Waals surface area contributed by atoms with Gasteiger partial charge >= 0.3 is 0 Å². The zero-order valence-corrected chi connectivity index (χ0v) is 17.3. The molecule has 1 unspecified atom stereocenters. The van der Waals surface area contributed by atoms with Crippen molar-refractivity contribution in [2.75, 3.05) is 5.32 Å². The first kappa shape index (κ1) is 22.1. The lowest BCUT2D eigenvalue weighted by Gasteiger charge is -2.14. The number of ketones is 1. The minimum Gasteiger partial charge on any atom is -0.350 e. The van der Waals surface area contributed by atoms with Gasteiger partial charge in [0.05, 0.1) is 17.0 Å². The van der Waals surface area contributed by atoms with Crippen LogP contribution in [-0.2, 0) is 11.2 Å². The Hall–Kier alpha value is -3.61. The quantitative estimate of drug-likeness (QED) is 0.447. The maximum atomic E-state index is 14.1. The molecule has 0 fully saturated rings. The number of rotatable bonds is 8. The van der Waals surface area contributed by atoms with Gasteiger partial charge in [-0.15, -0.1) is 0 Å². The van der Waals surface area contributed by atoms with Gasteiger partial charge in [-0.25, -0.2) is 8.78 Å². The van der Waals surface area contributed by atoms with Crippen molar-refractivity contribution < 1.29 is 13.6 Å². The van der Waals surface area contributed by atoms with Crippen molar-refractivity contribution in [3.63, 3.8) is 0 Å². The van der Waals surface area contributed by atoms with E-state index in [0.29, 0.717) is 5.56 Å². The second-order valence-corrected chi connectivity index (χ2v) is 7.34. The molecule has 0 aliphatic heterocycles. The Morgan fingerprint density at radius 3 is 2.48 bits per heavy atom. The Kier molecular flexibility index (Phi) is 6.74. The van der Waals surface area contributed by atoms with Gasteiger partial charge in [-0.1, -0.05) is 38.1 Å². The number of benzene rings is 2. The lowest BCUT2D eigenvalue weighted by molar-refractivity contribution is -0.121. The molecular formula is C24H23F2N3O2. The molecule has 160 valence electrons. The average Bonchev–Trinajstić information content (AvgIpc) is 2.75. The number of H-pyrrole nitrogens is 1. The molecule has 1 aromatic heterocycles. The van der Waals surface area contributed by atoms with E-state index in [1.54, 1.807) is 24.3 Å². The van der Waals surface area contributed by atoms with Gasteiger partial charge in [0, 0.05) is 24.1 Å². The first-order chi connectivity index (χ1) is 14.8. The Morgan fingerprint density at radius 1 is 1.13 bits per heavy atom. The molecule has 2 aromatic carbocycles. The van der Waals surface area contributed by atoms with Crippen LogP contribution in [0.2, 0.25) is 0 Å². The zero-order chi connectivity index (χ0) is 22.5. The number of hydrogen-bond acceptors (Lipinski definition) is 4. The molecule has 0 saturated carbocycles. The summed E-state index contributed by atoms with van der Waals surface area (Å²) in [4.78, 5) is 27.3. The third kappa shape index (κ3) is 4.94. The number of nitrogens with one attached hydrogen (secondary N) is 3. The number of halogens is 2. The number of aromatic amines is 1. The molecule has 1 heterocycles. The molecule has 0 aliphatic rings. The molecule has 7 heteroatoms. The van der Waals surface area contributed by atoms with E-state index in [9.17, 15) is 18.4 Å². The van der Waals surface area contributed by atoms with Gasteiger partial charge in [0.2, 0.25) is 0 Å². The average molecular weight is 423 g/mol. The molecule has 0 spiro atoms. The highest BCUT2D eigenvalue weighted by molar-refractivity contribution is 6.14. The fourth-order valence-corrected chi connectivity index (χ4v) is 3.17. The highest BCUT2D eigenvalue weighted by atomic mass is 19.1. The fourth-order valence-electron chi connectivity index (χ4n) is 3.17. The van der Waals surface area contributed by atoms with Crippen LogP contribution < -0.4 is 10.9 Å². The number of para-hydroxylation sites is 1. The van der Waals surface area contributed by atoms with Crippen molar-refractivity contribution in [2.24, 2.45) is 5.92 Å². The monoisotopic (exact) mass is 423 g/mol. The number of carbonyl (C=O) groups is 1. The molecule has 0 amide bonds. The second-order valence-electron chi connectivity index (χ2n) is 7.34. The van der Waals surface area contributed by atoms with Crippen LogP contribution in [0.3, 0.4) is 0 Å². The SMILES string of the molecule is CCC(C)C(=O)Cc1cccc(C(=N)c2c(Nc3c(F)cccc3F)cc[nH]c2=O)c1. The summed E-state index contributed by atoms with van der Waals surface area (Å²) >= 11 is 0. The van der Waals surface area contributed by atoms with Crippen LogP contribution in [0.15, 0.2) is 59.5 Å². The van der Waals surface area contributed by atoms with E-state index < -0.39 is 22.9 Å². The summed E-state index contributed by atoms with van der Waals surface area (Å²) in [6.45, 7) is 3.82. The Morgan fingerprint density at radius 2 is 1.81 bits per heavy atom. The molecule has 0 saturated heterocycles. The van der Waals surface area contributed by atoms with Crippen molar-refractivity contribution in [3.05, 3.63) is 93.4 Å². The van der Waals surface area contributed by atoms with Gasteiger partial charge < -0.3 is 10.3 Å². The number of aromatic nitrogens is 1. The van der Waals surface area contributed by atoms with Gasteiger partial charge in [-0.2, -0.15) is 0 Å². The summed E-state index contributed by atoms with van der Waals surface area (Å²) in [5, 5.41) is 11.2. The van der Waals surface area contributed by atoms with E-state index in [1.807, 2.05) is 13.8 Å². The van der Waals surface area contributed by atoms with Crippen molar-refractivity contribution in [3.8, 4) is 0 Å². The third-order valence-corrected chi connectivity index (χ3v) is 5.19. The first-order valence-electron chi connectivity index (χ1n) is 9.95. The molecule has 0 aliphatic carbocycles. The van der Waals surface area contributed by atoms with Crippen molar-refractivity contribution >= 4 is 22.9 Å². The predicted octanol–water partition coefficient (Wildman–Crippen LogP) is 4.97. The standard InChI is InChI=1S/C24H23F2N3O2/c1-3-14(2)20(30)13-15-6-4-7-16(12-15)22(27)21-19(10-11-28-24(21)31)29-23-17(25)8-5-9-18(23)26/h4-12,14,27H,3,13H2,1-2H3,(H2,28,29,31). The van der Waals surface area contributed by atoms with Crippen LogP contribution in [0.25, 0.3) is 0 Å². The minimum atomic E-state index is -0.816. The Bertz CT molecular complexity index is 1170. The highest BCUT2D eigenvalue weighted by Gasteiger charge is 2.18. The van der Waals surface area contributed by atoms with Gasteiger partial charge in [-0.3, -0.25) is 15.0 Å². The van der Waals surface area contributed by atoms with Crippen LogP contribution in [0.5, 0.6) is 0 Å². The van der Waals surface area contributed by atoms with E-state index in [4.69, 9.17) is 5.41 Å². The summed E-state index contributed by atoms with van der Waals surface area (Å²) < 4.78 is 28.2. The smallest absolute Gasteiger partial charge is 0.259 e. The van der Waals surface area contributed by atoms with E-state index in [0.717, 1.165) is 24.1 Å². The van der Waals surface area contributed by atoms with Crippen molar-refractivity contribution in [1.29, 1.82) is 5.41 Å². The van der Waals surface area contributed by atoms with Crippen LogP contribution in [0, 0.1) is 23.0 Å². The third-order valence-electron chi connectivity index (χ3n) is 5.19. The zero-order valence-electron chi connectivity index (χ0n) is 17.3. The molecule has 5 nitrogen and oxygen atoms in total. The topological polar surface area (TPSA) is 85.8 Å². The summed E-state index contributed by atoms with van der Waals surface area (Å²) in [7, 11) is 0. The minimum absolute atomic E-state index is 0.0597. The maximum absolute atomic E-state index is 14.1. The van der Waals surface area contributed by atoms with Crippen LogP contribution in [-0.4, -0.2) is 16.5 Å². The summed E-state index contributed by atoms with van der Waals surface area (Å²) in [6, 6.07) is 11.7. The normalized spacial score (nSPS) is 11.7. The summed E-state index contributed by atoms with van der Waals surface area (Å²) in [6.07, 6.45) is 2.31. The van der Waals surface area contributed by atoms with Crippen molar-refractivity contribution in [2.45, 2.75) is 26.7 Å². The van der Waals surface area contributed by atoms with Gasteiger partial charge in [0.15, 0.2) is 0 Å². The molecule has 0 bridgehead atoms. The highest BCUT2D eigenvalue weighted by Crippen LogP contribution is 2.25. The number of pyridine rings is 1. The van der Waals surface area contributed by atoms with E-state index >= 15 is 0 Å². The molecule has 3 aromatic rings. The van der Waals surface area contributed by atoms with Gasteiger partial charge in [0.25, 0.3) is 5.56 Å². The number of anilines is 2. The molecule has 1 atom stereocenters. The summed E-state index contributed by atoms with van der Waals surface area (Å²) in [5.74, 6) is -1.60. The van der Waals surface area contributed by atoms with E-state index in [2.05, 4.69) is 10.3 Å². The van der Waals surface area contributed by atoms with E-state index in [1.165, 1.54) is 18.3 Å². The summed E-state index contributed by atoms with van der Waals surface area (Å²) in [5.41, 5.74) is 0.0778. The number of carbonyl (C=O) groups excluding carboxylic acids is 1. The maximum Gasteiger partial charge on any atom is 0.259 e. The van der Waals surface area contributed by atoms with Crippen LogP contribution in [0.4, 0.5) is 20.2 Å². The number of hydrogen-bond donors (Lipinski definition) is 3. The second kappa shape index (κ2) is 9.47. The molecule has 0 radical (unpaired) electrons. The lowest BCUT2D eigenvalue weighted by Crippen LogP contribution is -2.21. The predicted molar refractivity (Wildman–Crippen MR) is 117 cm³/mol. The molecule has 3 rings (SSSR count). The molecular weight excluding hydrogens is 400 g/mol. The van der Waals surface area contributed by atoms with Crippen LogP contribution >= 0.6 is 0 Å². The largest absolute Gasteiger partial charge is 0.350 e. The molecule has 31 heavy (non-hydrogen) atoms. The lowest BCUT2D eigenvalue weighted by atomic mass is 9.94. The fraction of sp³-hybridized carbons (Fsp3) is 0.208. The number of Topliss-reactive ketones (excluding diaryl/α,β-unsaturated/α-hetero) is 1. The molecule has 3 N–H and O–H groups in total.